The highest BCUT2D eigenvalue weighted by atomic mass is 16.1. The summed E-state index contributed by atoms with van der Waals surface area (Å²) in [6, 6.07) is 0.617. The molecule has 0 aromatic carbocycles. The molecule has 0 aliphatic carbocycles. The minimum Gasteiger partial charge on any atom is -0.303 e. The Morgan fingerprint density at radius 3 is 2.53 bits per heavy atom. The Labute approximate surface area is 93.4 Å². The molecule has 1 heterocycles. The summed E-state index contributed by atoms with van der Waals surface area (Å²) in [7, 11) is 0. The predicted molar refractivity (Wildman–Crippen MR) is 63.0 cm³/mol. The van der Waals surface area contributed by atoms with E-state index in [1.165, 1.54) is 0 Å². The molecule has 0 N–H and O–H groups in total. The molecule has 1 aliphatic rings. The fourth-order valence-electron chi connectivity index (χ4n) is 2.30. The summed E-state index contributed by atoms with van der Waals surface area (Å²) in [6.45, 7) is 13.8. The molecular weight excluding hydrogens is 188 g/mol. The van der Waals surface area contributed by atoms with Crippen molar-refractivity contribution in [3.63, 3.8) is 0 Å². The zero-order chi connectivity index (χ0) is 11.5. The third-order valence-corrected chi connectivity index (χ3v) is 3.21. The van der Waals surface area contributed by atoms with Gasteiger partial charge in [0.05, 0.1) is 0 Å². The van der Waals surface area contributed by atoms with Crippen molar-refractivity contribution in [1.82, 2.24) is 9.80 Å². The van der Waals surface area contributed by atoms with Gasteiger partial charge >= 0.3 is 0 Å². The van der Waals surface area contributed by atoms with Gasteiger partial charge in [0.15, 0.2) is 0 Å². The minimum atomic E-state index is -0.200. The monoisotopic (exact) mass is 212 g/mol. The lowest BCUT2D eigenvalue weighted by atomic mass is 9.94. The van der Waals surface area contributed by atoms with Crippen molar-refractivity contribution in [3.05, 3.63) is 0 Å². The van der Waals surface area contributed by atoms with Gasteiger partial charge in [0.2, 0.25) is 0 Å². The lowest BCUT2D eigenvalue weighted by Crippen LogP contribution is -2.53. The first-order valence-electron chi connectivity index (χ1n) is 5.91. The van der Waals surface area contributed by atoms with Crippen LogP contribution in [0, 0.1) is 5.41 Å². The molecule has 1 fully saturated rings. The molecule has 88 valence electrons. The van der Waals surface area contributed by atoms with Crippen LogP contribution in [0.3, 0.4) is 0 Å². The second-order valence-electron chi connectivity index (χ2n) is 5.32. The van der Waals surface area contributed by atoms with E-state index in [4.69, 9.17) is 0 Å². The van der Waals surface area contributed by atoms with E-state index in [1.54, 1.807) is 0 Å². The van der Waals surface area contributed by atoms with Crippen molar-refractivity contribution in [2.24, 2.45) is 5.41 Å². The van der Waals surface area contributed by atoms with Crippen molar-refractivity contribution < 1.29 is 4.79 Å². The van der Waals surface area contributed by atoms with Crippen LogP contribution in [0.25, 0.3) is 0 Å². The molecule has 1 saturated heterocycles. The molecule has 1 aliphatic heterocycles. The van der Waals surface area contributed by atoms with Crippen LogP contribution in [-0.2, 0) is 4.79 Å². The van der Waals surface area contributed by atoms with Gasteiger partial charge in [0, 0.05) is 37.6 Å². The maximum Gasteiger partial charge on any atom is 0.126 e. The maximum atomic E-state index is 10.9. The lowest BCUT2D eigenvalue weighted by Gasteiger charge is -2.41. The van der Waals surface area contributed by atoms with Gasteiger partial charge in [-0.05, 0) is 13.5 Å². The highest BCUT2D eigenvalue weighted by molar-refractivity contribution is 5.58. The molecule has 0 spiro atoms. The zero-order valence-electron chi connectivity index (χ0n) is 10.5. The highest BCUT2D eigenvalue weighted by Crippen LogP contribution is 2.17. The van der Waals surface area contributed by atoms with Crippen molar-refractivity contribution in [2.75, 3.05) is 32.7 Å². The Balaban J connectivity index is 2.44. The fourth-order valence-corrected chi connectivity index (χ4v) is 2.30. The quantitative estimate of drug-likeness (QED) is 0.655. The summed E-state index contributed by atoms with van der Waals surface area (Å²) in [5.74, 6) is 0. The molecule has 0 radical (unpaired) electrons. The van der Waals surface area contributed by atoms with Crippen molar-refractivity contribution >= 4 is 6.29 Å². The van der Waals surface area contributed by atoms with Crippen LogP contribution in [-0.4, -0.2) is 54.9 Å². The van der Waals surface area contributed by atoms with Gasteiger partial charge in [-0.15, -0.1) is 0 Å². The molecule has 1 rings (SSSR count). The molecule has 0 amide bonds. The van der Waals surface area contributed by atoms with Crippen LogP contribution < -0.4 is 0 Å². The summed E-state index contributed by atoms with van der Waals surface area (Å²) >= 11 is 0. The first kappa shape index (κ1) is 12.7. The van der Waals surface area contributed by atoms with Gasteiger partial charge in [-0.2, -0.15) is 0 Å². The highest BCUT2D eigenvalue weighted by Gasteiger charge is 2.27. The first-order valence-corrected chi connectivity index (χ1v) is 5.91. The van der Waals surface area contributed by atoms with Crippen LogP contribution in [0.1, 0.15) is 27.7 Å². The van der Waals surface area contributed by atoms with E-state index in [2.05, 4.69) is 23.6 Å². The molecule has 0 aromatic rings. The summed E-state index contributed by atoms with van der Waals surface area (Å²) < 4.78 is 0. The van der Waals surface area contributed by atoms with E-state index in [-0.39, 0.29) is 5.41 Å². The van der Waals surface area contributed by atoms with Crippen LogP contribution >= 0.6 is 0 Å². The van der Waals surface area contributed by atoms with Crippen LogP contribution in [0.15, 0.2) is 0 Å². The molecule has 1 unspecified atom stereocenters. The molecule has 3 heteroatoms. The number of rotatable bonds is 4. The van der Waals surface area contributed by atoms with Gasteiger partial charge in [0.25, 0.3) is 0 Å². The molecule has 1 atom stereocenters. The molecular formula is C12H24N2O. The number of likely N-dealkylation sites (N-methyl/N-ethyl adjacent to an activating group) is 1. The van der Waals surface area contributed by atoms with Crippen LogP contribution in [0.2, 0.25) is 0 Å². The third kappa shape index (κ3) is 3.58. The maximum absolute atomic E-state index is 10.9. The van der Waals surface area contributed by atoms with Gasteiger partial charge in [-0.25, -0.2) is 0 Å². The van der Waals surface area contributed by atoms with Crippen molar-refractivity contribution in [1.29, 1.82) is 0 Å². The van der Waals surface area contributed by atoms with Gasteiger partial charge in [0.1, 0.15) is 6.29 Å². The fraction of sp³-hybridized carbons (Fsp3) is 0.917. The number of piperazine rings is 1. The second kappa shape index (κ2) is 5.08. The average molecular weight is 212 g/mol. The molecule has 0 saturated carbocycles. The number of hydrogen-bond acceptors (Lipinski definition) is 3. The molecule has 3 nitrogen and oxygen atoms in total. The topological polar surface area (TPSA) is 23.6 Å². The number of nitrogens with zero attached hydrogens (tertiary/aromatic N) is 2. The number of aldehydes is 1. The lowest BCUT2D eigenvalue weighted by molar-refractivity contribution is -0.116. The Morgan fingerprint density at radius 2 is 2.07 bits per heavy atom. The second-order valence-corrected chi connectivity index (χ2v) is 5.32. The molecule has 0 bridgehead atoms. The minimum absolute atomic E-state index is 0.200. The van der Waals surface area contributed by atoms with Crippen molar-refractivity contribution in [3.8, 4) is 0 Å². The Kier molecular flexibility index (Phi) is 4.29. The SMILES string of the molecule is CCN1CCN(CC(C)(C)C=O)CC1C. The van der Waals surface area contributed by atoms with E-state index >= 15 is 0 Å². The van der Waals surface area contributed by atoms with Crippen LogP contribution in [0.4, 0.5) is 0 Å². The number of hydrogen-bond donors (Lipinski definition) is 0. The predicted octanol–water partition coefficient (Wildman–Crippen LogP) is 1.24. The Morgan fingerprint density at radius 1 is 1.40 bits per heavy atom. The summed E-state index contributed by atoms with van der Waals surface area (Å²) in [5.41, 5.74) is -0.200. The third-order valence-electron chi connectivity index (χ3n) is 3.21. The first-order chi connectivity index (χ1) is 6.98. The molecule has 0 aromatic heterocycles. The summed E-state index contributed by atoms with van der Waals surface area (Å²) in [6.07, 6.45) is 1.07. The van der Waals surface area contributed by atoms with Gasteiger partial charge in [-0.1, -0.05) is 20.8 Å². The van der Waals surface area contributed by atoms with E-state index in [1.807, 2.05) is 13.8 Å². The standard InChI is InChI=1S/C12H24N2O/c1-5-14-7-6-13(8-11(14)2)9-12(3,4)10-15/h10-11H,5-9H2,1-4H3. The Hall–Kier alpha value is -0.410. The van der Waals surface area contributed by atoms with E-state index < -0.39 is 0 Å². The van der Waals surface area contributed by atoms with E-state index in [0.29, 0.717) is 6.04 Å². The van der Waals surface area contributed by atoms with E-state index in [0.717, 1.165) is 39.0 Å². The zero-order valence-corrected chi connectivity index (χ0v) is 10.5. The summed E-state index contributed by atoms with van der Waals surface area (Å²) in [4.78, 5) is 15.8. The largest absolute Gasteiger partial charge is 0.303 e. The Bertz CT molecular complexity index is 216. The average Bonchev–Trinajstić information content (AvgIpc) is 2.17. The normalized spacial score (nSPS) is 25.5. The number of carbonyl (C=O) groups excluding carboxylic acids is 1. The summed E-state index contributed by atoms with van der Waals surface area (Å²) in [5, 5.41) is 0. The van der Waals surface area contributed by atoms with Crippen molar-refractivity contribution in [2.45, 2.75) is 33.7 Å². The van der Waals surface area contributed by atoms with Crippen LogP contribution in [0.5, 0.6) is 0 Å². The number of carbonyl (C=O) groups is 1. The van der Waals surface area contributed by atoms with E-state index in [9.17, 15) is 4.79 Å². The molecule has 15 heavy (non-hydrogen) atoms. The van der Waals surface area contributed by atoms with Gasteiger partial charge in [-0.3, -0.25) is 9.80 Å². The smallest absolute Gasteiger partial charge is 0.126 e. The van der Waals surface area contributed by atoms with Gasteiger partial charge < -0.3 is 4.79 Å².